The number of rotatable bonds is 5. The third-order valence-electron chi connectivity index (χ3n) is 4.14. The van der Waals surface area contributed by atoms with Gasteiger partial charge in [0.25, 0.3) is 0 Å². The SMILES string of the molecule is NCC1CCC(C(=O)c2ccc(CC(=O)O)cc2)CC1. The molecule has 0 spiro atoms. The van der Waals surface area contributed by atoms with Gasteiger partial charge in [-0.2, -0.15) is 0 Å². The predicted octanol–water partition coefficient (Wildman–Crippen LogP) is 2.26. The number of benzene rings is 1. The van der Waals surface area contributed by atoms with E-state index in [1.165, 1.54) is 0 Å². The summed E-state index contributed by atoms with van der Waals surface area (Å²) in [6.07, 6.45) is 3.89. The van der Waals surface area contributed by atoms with E-state index in [1.54, 1.807) is 24.3 Å². The molecule has 0 aliphatic heterocycles. The molecule has 4 heteroatoms. The summed E-state index contributed by atoms with van der Waals surface area (Å²) in [5, 5.41) is 8.72. The molecule has 1 fully saturated rings. The maximum atomic E-state index is 12.4. The lowest BCUT2D eigenvalue weighted by molar-refractivity contribution is -0.136. The number of nitrogens with two attached hydrogens (primary N) is 1. The fraction of sp³-hybridized carbons (Fsp3) is 0.500. The van der Waals surface area contributed by atoms with Crippen LogP contribution in [0.3, 0.4) is 0 Å². The molecule has 2 rings (SSSR count). The van der Waals surface area contributed by atoms with Gasteiger partial charge in [0.15, 0.2) is 5.78 Å². The highest BCUT2D eigenvalue weighted by Crippen LogP contribution is 2.30. The maximum Gasteiger partial charge on any atom is 0.307 e. The number of hydrogen-bond donors (Lipinski definition) is 2. The standard InChI is InChI=1S/C16H21NO3/c17-10-12-3-7-14(8-4-12)16(20)13-5-1-11(2-6-13)9-15(18)19/h1-2,5-6,12,14H,3-4,7-10,17H2,(H,18,19). The number of carboxylic acid groups (broad SMARTS) is 1. The number of carbonyl (C=O) groups excluding carboxylic acids is 1. The molecular formula is C16H21NO3. The van der Waals surface area contributed by atoms with E-state index in [0.29, 0.717) is 18.0 Å². The Kier molecular flexibility index (Phi) is 4.90. The molecule has 1 aromatic carbocycles. The lowest BCUT2D eigenvalue weighted by atomic mass is 9.78. The van der Waals surface area contributed by atoms with E-state index in [2.05, 4.69) is 0 Å². The van der Waals surface area contributed by atoms with Crippen LogP contribution in [0.15, 0.2) is 24.3 Å². The van der Waals surface area contributed by atoms with Crippen LogP contribution in [0.1, 0.15) is 41.6 Å². The second kappa shape index (κ2) is 6.66. The highest BCUT2D eigenvalue weighted by atomic mass is 16.4. The van der Waals surface area contributed by atoms with Crippen LogP contribution in [0.2, 0.25) is 0 Å². The van der Waals surface area contributed by atoms with Gasteiger partial charge in [0, 0.05) is 11.5 Å². The smallest absolute Gasteiger partial charge is 0.307 e. The highest BCUT2D eigenvalue weighted by molar-refractivity contribution is 5.98. The van der Waals surface area contributed by atoms with Gasteiger partial charge >= 0.3 is 5.97 Å². The van der Waals surface area contributed by atoms with Crippen molar-refractivity contribution in [3.63, 3.8) is 0 Å². The third kappa shape index (κ3) is 3.67. The van der Waals surface area contributed by atoms with Gasteiger partial charge < -0.3 is 10.8 Å². The van der Waals surface area contributed by atoms with Crippen molar-refractivity contribution in [2.75, 3.05) is 6.54 Å². The Morgan fingerprint density at radius 3 is 2.20 bits per heavy atom. The zero-order valence-electron chi connectivity index (χ0n) is 11.5. The number of aliphatic carboxylic acids is 1. The van der Waals surface area contributed by atoms with E-state index >= 15 is 0 Å². The maximum absolute atomic E-state index is 12.4. The molecule has 1 aliphatic carbocycles. The largest absolute Gasteiger partial charge is 0.481 e. The summed E-state index contributed by atoms with van der Waals surface area (Å²) >= 11 is 0. The van der Waals surface area contributed by atoms with Crippen molar-refractivity contribution >= 4 is 11.8 Å². The first-order valence-electron chi connectivity index (χ1n) is 7.15. The average molecular weight is 275 g/mol. The molecule has 0 heterocycles. The topological polar surface area (TPSA) is 80.4 Å². The third-order valence-corrected chi connectivity index (χ3v) is 4.14. The number of hydrogen-bond acceptors (Lipinski definition) is 3. The monoisotopic (exact) mass is 275 g/mol. The van der Waals surface area contributed by atoms with Gasteiger partial charge in [-0.15, -0.1) is 0 Å². The first-order chi connectivity index (χ1) is 9.60. The summed E-state index contributed by atoms with van der Waals surface area (Å²) < 4.78 is 0. The van der Waals surface area contributed by atoms with Crippen molar-refractivity contribution in [2.24, 2.45) is 17.6 Å². The minimum absolute atomic E-state index is 0.00389. The van der Waals surface area contributed by atoms with Crippen LogP contribution >= 0.6 is 0 Å². The number of carboxylic acids is 1. The predicted molar refractivity (Wildman–Crippen MR) is 76.6 cm³/mol. The number of carbonyl (C=O) groups is 2. The van der Waals surface area contributed by atoms with Gasteiger partial charge in [0.2, 0.25) is 0 Å². The van der Waals surface area contributed by atoms with E-state index < -0.39 is 5.97 Å². The van der Waals surface area contributed by atoms with Crippen LogP contribution in [-0.4, -0.2) is 23.4 Å². The zero-order valence-corrected chi connectivity index (χ0v) is 11.5. The summed E-state index contributed by atoms with van der Waals surface area (Å²) in [6.45, 7) is 0.713. The molecule has 0 aromatic heterocycles. The van der Waals surface area contributed by atoms with Crippen molar-refractivity contribution in [3.05, 3.63) is 35.4 Å². The van der Waals surface area contributed by atoms with Gasteiger partial charge in [-0.3, -0.25) is 9.59 Å². The molecule has 108 valence electrons. The molecule has 20 heavy (non-hydrogen) atoms. The van der Waals surface area contributed by atoms with E-state index in [1.807, 2.05) is 0 Å². The van der Waals surface area contributed by atoms with Crippen LogP contribution < -0.4 is 5.73 Å². The summed E-state index contributed by atoms with van der Waals surface area (Å²) in [7, 11) is 0. The molecule has 3 N–H and O–H groups in total. The summed E-state index contributed by atoms with van der Waals surface area (Å²) in [5.74, 6) is -0.00774. The lowest BCUT2D eigenvalue weighted by Crippen LogP contribution is -2.25. The van der Waals surface area contributed by atoms with Gasteiger partial charge in [-0.25, -0.2) is 0 Å². The zero-order chi connectivity index (χ0) is 14.5. The van der Waals surface area contributed by atoms with Gasteiger partial charge in [0.1, 0.15) is 0 Å². The second-order valence-electron chi connectivity index (χ2n) is 5.59. The Hall–Kier alpha value is -1.68. The number of ketones is 1. The highest BCUT2D eigenvalue weighted by Gasteiger charge is 2.26. The normalized spacial score (nSPS) is 22.4. The second-order valence-corrected chi connectivity index (χ2v) is 5.59. The molecule has 0 bridgehead atoms. The van der Waals surface area contributed by atoms with E-state index in [-0.39, 0.29) is 18.1 Å². The van der Waals surface area contributed by atoms with E-state index in [9.17, 15) is 9.59 Å². The van der Waals surface area contributed by atoms with Gasteiger partial charge in [-0.1, -0.05) is 24.3 Å². The first kappa shape index (κ1) is 14.7. The van der Waals surface area contributed by atoms with Crippen molar-refractivity contribution in [1.29, 1.82) is 0 Å². The minimum atomic E-state index is -0.857. The minimum Gasteiger partial charge on any atom is -0.481 e. The summed E-state index contributed by atoms with van der Waals surface area (Å²) in [6, 6.07) is 6.95. The fourth-order valence-corrected chi connectivity index (χ4v) is 2.86. The van der Waals surface area contributed by atoms with Gasteiger partial charge in [0.05, 0.1) is 6.42 Å². The molecule has 0 atom stereocenters. The molecule has 1 saturated carbocycles. The molecule has 0 unspecified atom stereocenters. The van der Waals surface area contributed by atoms with Gasteiger partial charge in [-0.05, 0) is 43.7 Å². The van der Waals surface area contributed by atoms with Crippen molar-refractivity contribution < 1.29 is 14.7 Å². The van der Waals surface area contributed by atoms with E-state index in [0.717, 1.165) is 31.2 Å². The van der Waals surface area contributed by atoms with Crippen LogP contribution in [0.25, 0.3) is 0 Å². The van der Waals surface area contributed by atoms with Crippen molar-refractivity contribution in [3.8, 4) is 0 Å². The molecule has 0 amide bonds. The average Bonchev–Trinajstić information content (AvgIpc) is 2.47. The molecule has 0 radical (unpaired) electrons. The Labute approximate surface area is 119 Å². The first-order valence-corrected chi connectivity index (χ1v) is 7.15. The van der Waals surface area contributed by atoms with Crippen LogP contribution in [0.5, 0.6) is 0 Å². The fourth-order valence-electron chi connectivity index (χ4n) is 2.86. The lowest BCUT2D eigenvalue weighted by Gasteiger charge is -2.26. The summed E-state index contributed by atoms with van der Waals surface area (Å²) in [5.41, 5.74) is 7.07. The molecular weight excluding hydrogens is 254 g/mol. The molecule has 1 aromatic rings. The molecule has 1 aliphatic rings. The Balaban J connectivity index is 1.97. The van der Waals surface area contributed by atoms with Crippen LogP contribution in [0.4, 0.5) is 0 Å². The van der Waals surface area contributed by atoms with Crippen molar-refractivity contribution in [2.45, 2.75) is 32.1 Å². The van der Waals surface area contributed by atoms with Crippen molar-refractivity contribution in [1.82, 2.24) is 0 Å². The number of Topliss-reactive ketones (excluding diaryl/α,β-unsaturated/α-hetero) is 1. The Bertz CT molecular complexity index is 473. The Morgan fingerprint density at radius 1 is 1.10 bits per heavy atom. The summed E-state index contributed by atoms with van der Waals surface area (Å²) in [4.78, 5) is 23.0. The molecule has 0 saturated heterocycles. The quantitative estimate of drug-likeness (QED) is 0.808. The molecule has 4 nitrogen and oxygen atoms in total. The van der Waals surface area contributed by atoms with E-state index in [4.69, 9.17) is 10.8 Å². The van der Waals surface area contributed by atoms with Crippen LogP contribution in [0, 0.1) is 11.8 Å². The Morgan fingerprint density at radius 2 is 1.70 bits per heavy atom. The van der Waals surface area contributed by atoms with Crippen LogP contribution in [-0.2, 0) is 11.2 Å².